The van der Waals surface area contributed by atoms with Gasteiger partial charge in [-0.15, -0.1) is 11.6 Å². The Bertz CT molecular complexity index is 1310. The van der Waals surface area contributed by atoms with Crippen LogP contribution in [0.5, 0.6) is 5.75 Å². The van der Waals surface area contributed by atoms with E-state index in [0.29, 0.717) is 5.56 Å². The number of nitrogens with one attached hydrogen (secondary N) is 1. The fourth-order valence-corrected chi connectivity index (χ4v) is 5.53. The van der Waals surface area contributed by atoms with Gasteiger partial charge in [0.1, 0.15) is 28.0 Å². The Kier molecular flexibility index (Phi) is 8.56. The summed E-state index contributed by atoms with van der Waals surface area (Å²) < 4.78 is 54.1. The van der Waals surface area contributed by atoms with Crippen LogP contribution in [0.25, 0.3) is 0 Å². The first-order chi connectivity index (χ1) is 17.6. The molecule has 1 aromatic carbocycles. The van der Waals surface area contributed by atoms with Gasteiger partial charge in [-0.3, -0.25) is 18.9 Å². The number of aliphatic hydroxyl groups is 1. The molecule has 0 radical (unpaired) electrons. The van der Waals surface area contributed by atoms with Crippen molar-refractivity contribution >= 4 is 37.4 Å². The topological polar surface area (TPSA) is 129 Å². The summed E-state index contributed by atoms with van der Waals surface area (Å²) in [6.45, 7) is 3.47. The lowest BCUT2D eigenvalue weighted by molar-refractivity contribution is -0.151. The number of esters is 1. The Labute approximate surface area is 221 Å². The third-order valence-corrected chi connectivity index (χ3v) is 7.93. The molecular formula is C23H30ClN2O8PS. The number of benzene rings is 1. The highest BCUT2D eigenvalue weighted by Crippen LogP contribution is 2.50. The summed E-state index contributed by atoms with van der Waals surface area (Å²) in [4.78, 5) is 27.3. The maximum absolute atomic E-state index is 13.9. The van der Waals surface area contributed by atoms with Crippen LogP contribution in [0.15, 0.2) is 41.3 Å². The van der Waals surface area contributed by atoms with Gasteiger partial charge in [0.25, 0.3) is 0 Å². The summed E-state index contributed by atoms with van der Waals surface area (Å²) in [7, 11) is -4.43. The molecule has 1 fully saturated rings. The van der Waals surface area contributed by atoms with E-state index in [2.05, 4.69) is 4.98 Å². The number of halogens is 1. The molecule has 1 saturated heterocycles. The average Bonchev–Trinajstić information content (AvgIpc) is 3.11. The lowest BCUT2D eigenvalue weighted by atomic mass is 10.2. The Hall–Kier alpha value is -2.01. The standard InChI is InChI=1S/C23H30ClN2O8PS/c1-13(2)32-22(28)15(4)12-35(30,34-16-8-6-5-7-9-16)31-11-17-19(27)18(24)21(33-17)26-10-14(3)20(36)25-23(26)29/h5-10,13,15,17-19,21,27H,11-12H2,1-4H3,(H,25,29,36)/t15-,17+,18-,19?,21+,35-/m1/s1/i11D2. The number of para-hydroxylation sites is 1. The van der Waals surface area contributed by atoms with Crippen molar-refractivity contribution in [3.05, 3.63) is 57.2 Å². The molecule has 0 aliphatic carbocycles. The number of carbonyl (C=O) groups is 1. The van der Waals surface area contributed by atoms with Gasteiger partial charge in [-0.25, -0.2) is 9.36 Å². The van der Waals surface area contributed by atoms with E-state index >= 15 is 0 Å². The molecule has 1 aliphatic heterocycles. The van der Waals surface area contributed by atoms with Crippen LogP contribution in [0.4, 0.5) is 0 Å². The Morgan fingerprint density at radius 3 is 2.67 bits per heavy atom. The van der Waals surface area contributed by atoms with Gasteiger partial charge in [-0.2, -0.15) is 0 Å². The number of hydrogen-bond acceptors (Lipinski definition) is 9. The molecule has 13 heteroatoms. The van der Waals surface area contributed by atoms with Crippen molar-refractivity contribution in [1.29, 1.82) is 0 Å². The molecule has 10 nitrogen and oxygen atoms in total. The van der Waals surface area contributed by atoms with Crippen molar-refractivity contribution in [2.75, 3.05) is 12.7 Å². The smallest absolute Gasteiger partial charge is 0.380 e. The first-order valence-electron chi connectivity index (χ1n) is 12.2. The molecule has 2 N–H and O–H groups in total. The van der Waals surface area contributed by atoms with Crippen molar-refractivity contribution in [1.82, 2.24) is 9.55 Å². The Morgan fingerprint density at radius 1 is 1.36 bits per heavy atom. The van der Waals surface area contributed by atoms with Crippen molar-refractivity contribution in [3.63, 3.8) is 0 Å². The molecule has 0 saturated carbocycles. The summed E-state index contributed by atoms with van der Waals surface area (Å²) in [5.41, 5.74) is -0.159. The number of alkyl halides is 1. The third kappa shape index (κ3) is 7.06. The second kappa shape index (κ2) is 12.0. The molecular weight excluding hydrogens is 531 g/mol. The summed E-state index contributed by atoms with van der Waals surface area (Å²) in [6.07, 6.45) is -4.35. The predicted molar refractivity (Wildman–Crippen MR) is 136 cm³/mol. The number of nitrogens with zero attached hydrogens (tertiary/aromatic N) is 1. The van der Waals surface area contributed by atoms with Crippen LogP contribution in [0.3, 0.4) is 0 Å². The highest BCUT2D eigenvalue weighted by Gasteiger charge is 2.45. The fraction of sp³-hybridized carbons (Fsp3) is 0.522. The van der Waals surface area contributed by atoms with Gasteiger partial charge < -0.3 is 19.1 Å². The fourth-order valence-electron chi connectivity index (χ4n) is 3.36. The number of aryl methyl sites for hydroxylation is 1. The van der Waals surface area contributed by atoms with Crippen LogP contribution in [-0.2, 0) is 23.4 Å². The zero-order valence-corrected chi connectivity index (χ0v) is 22.6. The van der Waals surface area contributed by atoms with Gasteiger partial charge in [0.15, 0.2) is 6.23 Å². The quantitative estimate of drug-likeness (QED) is 0.191. The number of aliphatic hydroxyl groups excluding tert-OH is 1. The van der Waals surface area contributed by atoms with Crippen molar-refractivity contribution < 1.29 is 35.7 Å². The highest BCUT2D eigenvalue weighted by atomic mass is 35.5. The van der Waals surface area contributed by atoms with Gasteiger partial charge in [-0.1, -0.05) is 37.3 Å². The molecule has 2 aromatic rings. The number of hydrogen-bond donors (Lipinski definition) is 2. The van der Waals surface area contributed by atoms with E-state index in [0.717, 1.165) is 4.57 Å². The van der Waals surface area contributed by atoms with Crippen LogP contribution >= 0.6 is 31.4 Å². The van der Waals surface area contributed by atoms with Gasteiger partial charge in [-0.05, 0) is 32.9 Å². The van der Waals surface area contributed by atoms with Crippen LogP contribution in [0, 0.1) is 17.5 Å². The maximum Gasteiger partial charge on any atom is 0.380 e. The van der Waals surface area contributed by atoms with E-state index in [1.807, 2.05) is 0 Å². The number of aromatic nitrogens is 2. The molecule has 6 atom stereocenters. The van der Waals surface area contributed by atoms with Crippen LogP contribution < -0.4 is 10.2 Å². The van der Waals surface area contributed by atoms with Gasteiger partial charge in [0.05, 0.1) is 27.5 Å². The number of carbonyl (C=O) groups excluding carboxylic acids is 1. The lowest BCUT2D eigenvalue weighted by Crippen LogP contribution is -2.33. The number of aromatic amines is 1. The Morgan fingerprint density at radius 2 is 2.03 bits per heavy atom. The van der Waals surface area contributed by atoms with Crippen molar-refractivity contribution in [2.24, 2.45) is 5.92 Å². The van der Waals surface area contributed by atoms with E-state index in [9.17, 15) is 19.3 Å². The minimum absolute atomic E-state index is 0.110. The molecule has 1 aliphatic rings. The number of rotatable bonds is 10. The first-order valence-corrected chi connectivity index (χ1v) is 13.8. The third-order valence-electron chi connectivity index (χ3n) is 5.16. The number of H-pyrrole nitrogens is 1. The molecule has 1 aromatic heterocycles. The van der Waals surface area contributed by atoms with Crippen molar-refractivity contribution in [3.8, 4) is 5.75 Å². The normalized spacial score (nSPS) is 25.5. The zero-order valence-electron chi connectivity index (χ0n) is 22.1. The largest absolute Gasteiger partial charge is 0.463 e. The predicted octanol–water partition coefficient (Wildman–Crippen LogP) is 3.96. The number of ether oxygens (including phenoxy) is 2. The molecule has 36 heavy (non-hydrogen) atoms. The molecule has 0 spiro atoms. The lowest BCUT2D eigenvalue weighted by Gasteiger charge is -2.24. The molecule has 0 amide bonds. The monoisotopic (exact) mass is 562 g/mol. The summed E-state index contributed by atoms with van der Waals surface area (Å²) in [6, 6.07) is 7.90. The van der Waals surface area contributed by atoms with E-state index in [-0.39, 0.29) is 10.4 Å². The summed E-state index contributed by atoms with van der Waals surface area (Å²) >= 11 is 11.4. The van der Waals surface area contributed by atoms with Gasteiger partial charge in [0.2, 0.25) is 0 Å². The van der Waals surface area contributed by atoms with E-state index in [1.165, 1.54) is 25.3 Å². The zero-order chi connectivity index (χ0) is 28.4. The van der Waals surface area contributed by atoms with Crippen molar-refractivity contribution in [2.45, 2.75) is 57.6 Å². The summed E-state index contributed by atoms with van der Waals surface area (Å²) in [5.74, 6) is -1.55. The second-order valence-electron chi connectivity index (χ2n) is 8.65. The molecule has 2 heterocycles. The average molecular weight is 563 g/mol. The molecule has 3 rings (SSSR count). The maximum atomic E-state index is 13.9. The SMILES string of the molecule is [2H]C([2H])(O[P@](=O)(C[C@@H](C)C(=O)OC(C)C)Oc1ccccc1)[C@@H]1O[C@H](n2cc(C)c(=S)[nH]c2=O)[C@H](Cl)C1O. The molecule has 0 bridgehead atoms. The van der Waals surface area contributed by atoms with Crippen LogP contribution in [0.2, 0.25) is 0 Å². The van der Waals surface area contributed by atoms with Gasteiger partial charge in [0, 0.05) is 11.8 Å². The molecule has 1 unspecified atom stereocenters. The van der Waals surface area contributed by atoms with Gasteiger partial charge >= 0.3 is 19.3 Å². The van der Waals surface area contributed by atoms with E-state index < -0.39 is 67.8 Å². The van der Waals surface area contributed by atoms with Crippen LogP contribution in [0.1, 0.15) is 35.3 Å². The van der Waals surface area contributed by atoms with Crippen LogP contribution in [-0.4, -0.2) is 57.0 Å². The molecule has 198 valence electrons. The second-order valence-corrected chi connectivity index (χ2v) is 11.5. The minimum Gasteiger partial charge on any atom is -0.463 e. The Balaban J connectivity index is 1.90. The van der Waals surface area contributed by atoms with E-state index in [1.54, 1.807) is 39.0 Å². The first kappa shape index (κ1) is 25.6. The van der Waals surface area contributed by atoms with E-state index in [4.69, 9.17) is 45.1 Å². The summed E-state index contributed by atoms with van der Waals surface area (Å²) in [5, 5.41) is 9.48. The minimum atomic E-state index is -4.43. The highest BCUT2D eigenvalue weighted by molar-refractivity contribution is 7.71.